The Morgan fingerprint density at radius 2 is 1.86 bits per heavy atom. The van der Waals surface area contributed by atoms with Gasteiger partial charge in [0.1, 0.15) is 0 Å². The van der Waals surface area contributed by atoms with Crippen LogP contribution in [-0.2, 0) is 9.59 Å². The van der Waals surface area contributed by atoms with Crippen molar-refractivity contribution in [3.63, 3.8) is 0 Å². The predicted octanol–water partition coefficient (Wildman–Crippen LogP) is 2.02. The lowest BCUT2D eigenvalue weighted by atomic mass is 10.1. The highest BCUT2D eigenvalue weighted by atomic mass is 35.5. The minimum atomic E-state index is -0.855. The number of aliphatic carboxylic acids is 1. The maximum atomic E-state index is 12.3. The number of benzene rings is 1. The van der Waals surface area contributed by atoms with Crippen LogP contribution >= 0.6 is 11.6 Å². The summed E-state index contributed by atoms with van der Waals surface area (Å²) >= 11 is 6.06. The molecule has 0 radical (unpaired) electrons. The maximum Gasteiger partial charge on any atom is 0.307 e. The molecule has 1 N–H and O–H groups in total. The number of carboxylic acid groups (broad SMARTS) is 1. The molecule has 1 saturated heterocycles. The van der Waals surface area contributed by atoms with Crippen LogP contribution in [0.25, 0.3) is 0 Å². The number of aryl methyl sites for hydroxylation is 1. The molecule has 2 atom stereocenters. The molecule has 1 saturated carbocycles. The van der Waals surface area contributed by atoms with Crippen LogP contribution in [0.3, 0.4) is 0 Å². The highest BCUT2D eigenvalue weighted by Gasteiger charge is 2.50. The van der Waals surface area contributed by atoms with Crippen molar-refractivity contribution >= 4 is 29.2 Å². The van der Waals surface area contributed by atoms with Gasteiger partial charge >= 0.3 is 5.97 Å². The second-order valence-corrected chi connectivity index (χ2v) is 6.47. The minimum Gasteiger partial charge on any atom is -0.481 e. The van der Waals surface area contributed by atoms with Gasteiger partial charge in [0.15, 0.2) is 0 Å². The number of rotatable bonds is 3. The molecule has 22 heavy (non-hydrogen) atoms. The van der Waals surface area contributed by atoms with E-state index in [4.69, 9.17) is 16.7 Å². The monoisotopic (exact) mass is 322 g/mol. The number of amides is 1. The Balaban J connectivity index is 1.60. The van der Waals surface area contributed by atoms with Crippen molar-refractivity contribution in [2.24, 2.45) is 11.8 Å². The summed E-state index contributed by atoms with van der Waals surface area (Å²) in [4.78, 5) is 27.2. The fraction of sp³-hybridized carbons (Fsp3) is 0.500. The molecule has 6 heteroatoms. The Kier molecular flexibility index (Phi) is 4.00. The van der Waals surface area contributed by atoms with E-state index in [1.54, 1.807) is 4.90 Å². The van der Waals surface area contributed by atoms with Gasteiger partial charge in [0.25, 0.3) is 0 Å². The second-order valence-electron chi connectivity index (χ2n) is 6.03. The van der Waals surface area contributed by atoms with Crippen LogP contribution < -0.4 is 4.90 Å². The molecule has 2 fully saturated rings. The van der Waals surface area contributed by atoms with Crippen molar-refractivity contribution in [1.82, 2.24) is 4.90 Å². The Hall–Kier alpha value is -1.75. The SMILES string of the molecule is Cc1ccc(Cl)cc1N1CCN(C(=O)[C@@H]2C[C@H]2C(=O)O)CC1. The van der Waals surface area contributed by atoms with E-state index in [2.05, 4.69) is 4.90 Å². The number of hydrogen-bond acceptors (Lipinski definition) is 3. The van der Waals surface area contributed by atoms with Gasteiger partial charge in [0.2, 0.25) is 5.91 Å². The van der Waals surface area contributed by atoms with Crippen LogP contribution in [-0.4, -0.2) is 48.1 Å². The van der Waals surface area contributed by atoms with Gasteiger partial charge in [0, 0.05) is 36.9 Å². The largest absolute Gasteiger partial charge is 0.481 e. The van der Waals surface area contributed by atoms with Crippen molar-refractivity contribution in [2.45, 2.75) is 13.3 Å². The van der Waals surface area contributed by atoms with Gasteiger partial charge in [0.05, 0.1) is 11.8 Å². The first-order valence-corrected chi connectivity index (χ1v) is 7.88. The lowest BCUT2D eigenvalue weighted by Crippen LogP contribution is -2.49. The molecule has 0 bridgehead atoms. The molecule has 1 amide bonds. The van der Waals surface area contributed by atoms with Gasteiger partial charge in [-0.1, -0.05) is 17.7 Å². The van der Waals surface area contributed by atoms with Crippen LogP contribution in [0.1, 0.15) is 12.0 Å². The first kappa shape index (κ1) is 15.2. The van der Waals surface area contributed by atoms with Gasteiger partial charge in [-0.15, -0.1) is 0 Å². The summed E-state index contributed by atoms with van der Waals surface area (Å²) in [5.74, 6) is -1.64. The summed E-state index contributed by atoms with van der Waals surface area (Å²) in [6.07, 6.45) is 0.488. The zero-order valence-corrected chi connectivity index (χ0v) is 13.2. The molecule has 3 rings (SSSR count). The fourth-order valence-corrected chi connectivity index (χ4v) is 3.23. The van der Waals surface area contributed by atoms with E-state index in [0.717, 1.165) is 24.3 Å². The predicted molar refractivity (Wildman–Crippen MR) is 84.2 cm³/mol. The summed E-state index contributed by atoms with van der Waals surface area (Å²) < 4.78 is 0. The van der Waals surface area contributed by atoms with E-state index < -0.39 is 11.9 Å². The third kappa shape index (κ3) is 2.90. The van der Waals surface area contributed by atoms with Crippen molar-refractivity contribution < 1.29 is 14.7 Å². The molecule has 5 nitrogen and oxygen atoms in total. The molecular weight excluding hydrogens is 304 g/mol. The molecule has 1 heterocycles. The van der Waals surface area contributed by atoms with E-state index in [-0.39, 0.29) is 11.8 Å². The number of nitrogens with zero attached hydrogens (tertiary/aromatic N) is 2. The average Bonchev–Trinajstić information content (AvgIpc) is 3.30. The molecule has 1 aromatic rings. The van der Waals surface area contributed by atoms with Gasteiger partial charge in [-0.25, -0.2) is 0 Å². The number of carboxylic acids is 1. The smallest absolute Gasteiger partial charge is 0.307 e. The lowest BCUT2D eigenvalue weighted by Gasteiger charge is -2.37. The maximum absolute atomic E-state index is 12.3. The van der Waals surface area contributed by atoms with E-state index in [1.807, 2.05) is 25.1 Å². The van der Waals surface area contributed by atoms with E-state index in [9.17, 15) is 9.59 Å². The zero-order valence-electron chi connectivity index (χ0n) is 12.5. The highest BCUT2D eigenvalue weighted by molar-refractivity contribution is 6.30. The molecule has 1 aliphatic carbocycles. The number of carbonyl (C=O) groups excluding carboxylic acids is 1. The van der Waals surface area contributed by atoms with Crippen molar-refractivity contribution in [2.75, 3.05) is 31.1 Å². The first-order valence-electron chi connectivity index (χ1n) is 7.50. The summed E-state index contributed by atoms with van der Waals surface area (Å²) in [5.41, 5.74) is 2.27. The van der Waals surface area contributed by atoms with Gasteiger partial charge in [-0.2, -0.15) is 0 Å². The minimum absolute atomic E-state index is 0.00475. The van der Waals surface area contributed by atoms with E-state index >= 15 is 0 Å². The fourth-order valence-electron chi connectivity index (χ4n) is 3.07. The second kappa shape index (κ2) is 5.80. The van der Waals surface area contributed by atoms with Crippen molar-refractivity contribution in [3.8, 4) is 0 Å². The van der Waals surface area contributed by atoms with Crippen molar-refractivity contribution in [3.05, 3.63) is 28.8 Å². The molecule has 0 aromatic heterocycles. The Morgan fingerprint density at radius 3 is 2.45 bits per heavy atom. The Morgan fingerprint density at radius 1 is 1.18 bits per heavy atom. The van der Waals surface area contributed by atoms with Crippen molar-refractivity contribution in [1.29, 1.82) is 0 Å². The van der Waals surface area contributed by atoms with E-state index in [0.29, 0.717) is 24.5 Å². The number of piperazine rings is 1. The molecular formula is C16H19ClN2O3. The summed E-state index contributed by atoms with van der Waals surface area (Å²) in [7, 11) is 0. The topological polar surface area (TPSA) is 60.9 Å². The van der Waals surface area contributed by atoms with Gasteiger partial charge < -0.3 is 14.9 Å². The average molecular weight is 323 g/mol. The van der Waals surface area contributed by atoms with Crippen LogP contribution in [0, 0.1) is 18.8 Å². The summed E-state index contributed by atoms with van der Waals surface area (Å²) in [6, 6.07) is 5.83. The molecule has 1 aromatic carbocycles. The van der Waals surface area contributed by atoms with Crippen LogP contribution in [0.5, 0.6) is 0 Å². The molecule has 2 aliphatic rings. The highest BCUT2D eigenvalue weighted by Crippen LogP contribution is 2.40. The van der Waals surface area contributed by atoms with Crippen LogP contribution in [0.4, 0.5) is 5.69 Å². The molecule has 0 spiro atoms. The third-order valence-corrected chi connectivity index (χ3v) is 4.76. The third-order valence-electron chi connectivity index (χ3n) is 4.53. The summed E-state index contributed by atoms with van der Waals surface area (Å²) in [5, 5.41) is 9.64. The molecule has 0 unspecified atom stereocenters. The van der Waals surface area contributed by atoms with Gasteiger partial charge in [-0.3, -0.25) is 9.59 Å². The number of halogens is 1. The van der Waals surface area contributed by atoms with Crippen LogP contribution in [0.2, 0.25) is 5.02 Å². The number of carbonyl (C=O) groups is 2. The van der Waals surface area contributed by atoms with Gasteiger partial charge in [-0.05, 0) is 31.0 Å². The standard InChI is InChI=1S/C16H19ClN2O3/c1-10-2-3-11(17)8-14(10)18-4-6-19(7-5-18)15(20)12-9-13(12)16(21)22/h2-3,8,12-13H,4-7,9H2,1H3,(H,21,22)/t12-,13-/m1/s1. The van der Waals surface area contributed by atoms with E-state index in [1.165, 1.54) is 0 Å². The Bertz CT molecular complexity index is 611. The molecule has 1 aliphatic heterocycles. The normalized spacial score (nSPS) is 24.3. The number of hydrogen-bond donors (Lipinski definition) is 1. The Labute approximate surface area is 134 Å². The zero-order chi connectivity index (χ0) is 15.9. The first-order chi connectivity index (χ1) is 10.5. The van der Waals surface area contributed by atoms with Crippen LogP contribution in [0.15, 0.2) is 18.2 Å². The summed E-state index contributed by atoms with van der Waals surface area (Å²) in [6.45, 7) is 4.81. The lowest BCUT2D eigenvalue weighted by molar-refractivity contribution is -0.142. The quantitative estimate of drug-likeness (QED) is 0.925. The number of anilines is 1. The molecule has 118 valence electrons.